The summed E-state index contributed by atoms with van der Waals surface area (Å²) in [6.07, 6.45) is 2.15. The van der Waals surface area contributed by atoms with E-state index in [1.807, 2.05) is 6.07 Å². The fourth-order valence-electron chi connectivity index (χ4n) is 2.86. The molecule has 0 spiro atoms. The molecule has 1 heterocycles. The van der Waals surface area contributed by atoms with Crippen LogP contribution in [0.2, 0.25) is 0 Å². The van der Waals surface area contributed by atoms with Gasteiger partial charge in [0.25, 0.3) is 0 Å². The summed E-state index contributed by atoms with van der Waals surface area (Å²) < 4.78 is 5.55. The normalized spacial score (nSPS) is 16.1. The van der Waals surface area contributed by atoms with Gasteiger partial charge in [-0.25, -0.2) is 0 Å². The summed E-state index contributed by atoms with van der Waals surface area (Å²) >= 11 is 0. The van der Waals surface area contributed by atoms with Crippen molar-refractivity contribution in [3.63, 3.8) is 0 Å². The summed E-state index contributed by atoms with van der Waals surface area (Å²) in [4.78, 5) is 0. The Hall–Kier alpha value is -1.80. The Morgan fingerprint density at radius 3 is 2.43 bits per heavy atom. The maximum absolute atomic E-state index is 6.43. The van der Waals surface area contributed by atoms with Crippen LogP contribution in [0, 0.1) is 0 Å². The highest BCUT2D eigenvalue weighted by molar-refractivity contribution is 5.43. The molecule has 0 saturated heterocycles. The Kier molecular flexibility index (Phi) is 3.98. The van der Waals surface area contributed by atoms with Crippen molar-refractivity contribution in [2.75, 3.05) is 6.61 Å². The molecule has 2 aromatic rings. The molecule has 2 heteroatoms. The quantitative estimate of drug-likeness (QED) is 0.912. The fourth-order valence-corrected chi connectivity index (χ4v) is 2.86. The fraction of sp³-hybridized carbons (Fsp3) is 0.368. The molecule has 0 aliphatic carbocycles. The summed E-state index contributed by atoms with van der Waals surface area (Å²) in [6, 6.07) is 15.0. The lowest BCUT2D eigenvalue weighted by molar-refractivity contribution is 0.357. The van der Waals surface area contributed by atoms with Gasteiger partial charge < -0.3 is 10.5 Å². The van der Waals surface area contributed by atoms with Crippen LogP contribution < -0.4 is 10.5 Å². The molecule has 1 aliphatic heterocycles. The number of nitrogens with two attached hydrogens (primary N) is 1. The third-order valence-electron chi connectivity index (χ3n) is 4.55. The Bertz CT molecular complexity index is 618. The van der Waals surface area contributed by atoms with E-state index < -0.39 is 0 Å². The minimum atomic E-state index is -0.0677. The van der Waals surface area contributed by atoms with E-state index in [0.717, 1.165) is 30.8 Å². The highest BCUT2D eigenvalue weighted by atomic mass is 16.5. The molecule has 2 nitrogen and oxygen atoms in total. The first-order valence-electron chi connectivity index (χ1n) is 7.80. The van der Waals surface area contributed by atoms with Crippen LogP contribution in [-0.4, -0.2) is 6.61 Å². The van der Waals surface area contributed by atoms with Crippen LogP contribution >= 0.6 is 0 Å². The molecule has 2 aromatic carbocycles. The average molecular weight is 281 g/mol. The standard InChI is InChI=1S/C19H23NO/c1-3-13(2)14-4-6-15(7-5-14)19(20)17-8-9-18-16(12-17)10-11-21-18/h4-9,12-13,19H,3,10-11,20H2,1-2H3. The van der Waals surface area contributed by atoms with Gasteiger partial charge in [-0.15, -0.1) is 0 Å². The molecule has 2 unspecified atom stereocenters. The van der Waals surface area contributed by atoms with Gasteiger partial charge in [0.05, 0.1) is 12.6 Å². The summed E-state index contributed by atoms with van der Waals surface area (Å²) in [7, 11) is 0. The number of benzene rings is 2. The molecular formula is C19H23NO. The minimum Gasteiger partial charge on any atom is -0.493 e. The van der Waals surface area contributed by atoms with E-state index in [9.17, 15) is 0 Å². The number of hydrogen-bond acceptors (Lipinski definition) is 2. The van der Waals surface area contributed by atoms with E-state index in [0.29, 0.717) is 5.92 Å². The molecule has 2 N–H and O–H groups in total. The molecule has 1 aliphatic rings. The number of ether oxygens (including phenoxy) is 1. The van der Waals surface area contributed by atoms with Gasteiger partial charge in [0, 0.05) is 6.42 Å². The molecule has 3 rings (SSSR count). The summed E-state index contributed by atoms with van der Waals surface area (Å²) in [6.45, 7) is 5.27. The molecule has 0 fully saturated rings. The van der Waals surface area contributed by atoms with E-state index in [2.05, 4.69) is 50.2 Å². The molecule has 0 radical (unpaired) electrons. The maximum atomic E-state index is 6.43. The molecule has 0 bridgehead atoms. The van der Waals surface area contributed by atoms with Gasteiger partial charge in [0.1, 0.15) is 5.75 Å². The molecule has 2 atom stereocenters. The Morgan fingerprint density at radius 2 is 1.71 bits per heavy atom. The van der Waals surface area contributed by atoms with E-state index in [-0.39, 0.29) is 6.04 Å². The van der Waals surface area contributed by atoms with E-state index >= 15 is 0 Å². The van der Waals surface area contributed by atoms with E-state index in [1.54, 1.807) is 0 Å². The lowest BCUT2D eigenvalue weighted by Crippen LogP contribution is -2.12. The van der Waals surface area contributed by atoms with Crippen LogP contribution in [-0.2, 0) is 6.42 Å². The van der Waals surface area contributed by atoms with Crippen molar-refractivity contribution < 1.29 is 4.74 Å². The van der Waals surface area contributed by atoms with Crippen LogP contribution in [0.4, 0.5) is 0 Å². The first kappa shape index (κ1) is 14.2. The van der Waals surface area contributed by atoms with Gasteiger partial charge in [-0.1, -0.05) is 50.2 Å². The van der Waals surface area contributed by atoms with Crippen molar-refractivity contribution >= 4 is 0 Å². The number of hydrogen-bond donors (Lipinski definition) is 1. The van der Waals surface area contributed by atoms with Crippen LogP contribution in [0.5, 0.6) is 5.75 Å². The van der Waals surface area contributed by atoms with Crippen molar-refractivity contribution in [1.82, 2.24) is 0 Å². The van der Waals surface area contributed by atoms with Crippen LogP contribution in [0.25, 0.3) is 0 Å². The lowest BCUT2D eigenvalue weighted by Gasteiger charge is -2.15. The van der Waals surface area contributed by atoms with Crippen LogP contribution in [0.1, 0.15) is 54.5 Å². The van der Waals surface area contributed by atoms with Crippen molar-refractivity contribution in [2.24, 2.45) is 5.73 Å². The minimum absolute atomic E-state index is 0.0677. The molecule has 0 amide bonds. The zero-order valence-corrected chi connectivity index (χ0v) is 12.8. The highest BCUT2D eigenvalue weighted by Gasteiger charge is 2.16. The first-order valence-corrected chi connectivity index (χ1v) is 7.80. The van der Waals surface area contributed by atoms with Crippen molar-refractivity contribution in [2.45, 2.75) is 38.6 Å². The third-order valence-corrected chi connectivity index (χ3v) is 4.55. The predicted molar refractivity (Wildman–Crippen MR) is 86.8 cm³/mol. The molecule has 110 valence electrons. The highest BCUT2D eigenvalue weighted by Crippen LogP contribution is 2.30. The smallest absolute Gasteiger partial charge is 0.122 e. The first-order chi connectivity index (χ1) is 10.2. The van der Waals surface area contributed by atoms with Gasteiger partial charge in [-0.2, -0.15) is 0 Å². The zero-order chi connectivity index (χ0) is 14.8. The second kappa shape index (κ2) is 5.90. The molecular weight excluding hydrogens is 258 g/mol. The van der Waals surface area contributed by atoms with Gasteiger partial charge in [0.15, 0.2) is 0 Å². The van der Waals surface area contributed by atoms with Gasteiger partial charge in [0.2, 0.25) is 0 Å². The topological polar surface area (TPSA) is 35.2 Å². The summed E-state index contributed by atoms with van der Waals surface area (Å²) in [5.41, 5.74) is 11.4. The van der Waals surface area contributed by atoms with Crippen molar-refractivity contribution in [1.29, 1.82) is 0 Å². The number of rotatable bonds is 4. The predicted octanol–water partition coefficient (Wildman–Crippen LogP) is 4.18. The van der Waals surface area contributed by atoms with Crippen LogP contribution in [0.15, 0.2) is 42.5 Å². The Balaban J connectivity index is 1.83. The van der Waals surface area contributed by atoms with Gasteiger partial charge in [-0.05, 0) is 40.7 Å². The third kappa shape index (κ3) is 2.81. The summed E-state index contributed by atoms with van der Waals surface area (Å²) in [5, 5.41) is 0. The maximum Gasteiger partial charge on any atom is 0.122 e. The molecule has 0 aromatic heterocycles. The van der Waals surface area contributed by atoms with Crippen LogP contribution in [0.3, 0.4) is 0 Å². The molecule has 0 saturated carbocycles. The van der Waals surface area contributed by atoms with Crippen molar-refractivity contribution in [3.8, 4) is 5.75 Å². The lowest BCUT2D eigenvalue weighted by atomic mass is 9.93. The van der Waals surface area contributed by atoms with Gasteiger partial charge >= 0.3 is 0 Å². The van der Waals surface area contributed by atoms with E-state index in [1.165, 1.54) is 16.7 Å². The Morgan fingerprint density at radius 1 is 1.05 bits per heavy atom. The molecule has 21 heavy (non-hydrogen) atoms. The second-order valence-corrected chi connectivity index (χ2v) is 5.92. The SMILES string of the molecule is CCC(C)c1ccc(C(N)c2ccc3c(c2)CCO3)cc1. The number of fused-ring (bicyclic) bond motifs is 1. The monoisotopic (exact) mass is 281 g/mol. The second-order valence-electron chi connectivity index (χ2n) is 5.92. The largest absolute Gasteiger partial charge is 0.493 e. The van der Waals surface area contributed by atoms with Gasteiger partial charge in [-0.3, -0.25) is 0 Å². The van der Waals surface area contributed by atoms with E-state index in [4.69, 9.17) is 10.5 Å². The zero-order valence-electron chi connectivity index (χ0n) is 12.8. The Labute approximate surface area is 126 Å². The summed E-state index contributed by atoms with van der Waals surface area (Å²) in [5.74, 6) is 1.62. The average Bonchev–Trinajstić information content (AvgIpc) is 3.01. The van der Waals surface area contributed by atoms with Crippen molar-refractivity contribution in [3.05, 3.63) is 64.7 Å².